The van der Waals surface area contributed by atoms with E-state index in [-0.39, 0.29) is 6.04 Å². The highest BCUT2D eigenvalue weighted by atomic mass is 35.5. The molecule has 0 N–H and O–H groups in total. The van der Waals surface area contributed by atoms with E-state index in [1.165, 1.54) is 0 Å². The molecule has 2 aliphatic rings. The highest BCUT2D eigenvalue weighted by Crippen LogP contribution is 2.50. The van der Waals surface area contributed by atoms with Crippen LogP contribution in [0.4, 0.5) is 0 Å². The Morgan fingerprint density at radius 1 is 1.03 bits per heavy atom. The highest BCUT2D eigenvalue weighted by Gasteiger charge is 2.42. The minimum absolute atomic E-state index is 0.0534. The smallest absolute Gasteiger partial charge is 0.213 e. The third-order valence-corrected chi connectivity index (χ3v) is 6.27. The van der Waals surface area contributed by atoms with Crippen molar-refractivity contribution in [2.24, 2.45) is 5.10 Å². The summed E-state index contributed by atoms with van der Waals surface area (Å²) in [7, 11) is 0. The van der Waals surface area contributed by atoms with Crippen molar-refractivity contribution in [1.82, 2.24) is 5.01 Å². The van der Waals surface area contributed by atoms with Crippen molar-refractivity contribution in [1.29, 1.82) is 0 Å². The molecule has 0 amide bonds. The molecule has 4 nitrogen and oxygen atoms in total. The van der Waals surface area contributed by atoms with Gasteiger partial charge in [0.05, 0.1) is 16.8 Å². The molecule has 0 unspecified atom stereocenters. The van der Waals surface area contributed by atoms with E-state index in [9.17, 15) is 0 Å². The minimum atomic E-state index is -0.440. The predicted molar refractivity (Wildman–Crippen MR) is 129 cm³/mol. The summed E-state index contributed by atoms with van der Waals surface area (Å²) in [4.78, 5) is 0. The van der Waals surface area contributed by atoms with Gasteiger partial charge < -0.3 is 9.47 Å². The van der Waals surface area contributed by atoms with Gasteiger partial charge in [0.15, 0.2) is 0 Å². The van der Waals surface area contributed by atoms with E-state index in [0.29, 0.717) is 33.8 Å². The number of rotatable bonds is 5. The topological polar surface area (TPSA) is 34.1 Å². The van der Waals surface area contributed by atoms with Crippen LogP contribution in [-0.4, -0.2) is 17.3 Å². The van der Waals surface area contributed by atoms with E-state index >= 15 is 0 Å². The number of fused-ring (bicyclic) bond motifs is 3. The van der Waals surface area contributed by atoms with E-state index in [2.05, 4.69) is 6.58 Å². The van der Waals surface area contributed by atoms with Crippen molar-refractivity contribution in [2.75, 3.05) is 6.61 Å². The van der Waals surface area contributed by atoms with Gasteiger partial charge in [0.25, 0.3) is 0 Å². The molecule has 3 aromatic carbocycles. The molecule has 162 valence electrons. The number of hydrazone groups is 1. The first kappa shape index (κ1) is 21.2. The molecular weight excluding hydrogens is 467 g/mol. The molecule has 0 saturated carbocycles. The van der Waals surface area contributed by atoms with Crippen molar-refractivity contribution >= 4 is 40.5 Å². The lowest BCUT2D eigenvalue weighted by Crippen LogP contribution is -2.33. The van der Waals surface area contributed by atoms with Gasteiger partial charge in [-0.15, -0.1) is 0 Å². The second-order valence-electron chi connectivity index (χ2n) is 7.60. The van der Waals surface area contributed by atoms with Gasteiger partial charge in [-0.25, -0.2) is 5.01 Å². The number of benzene rings is 3. The largest absolute Gasteiger partial charge is 0.490 e. The minimum Gasteiger partial charge on any atom is -0.490 e. The standard InChI is InChI=1S/C25H19Cl3N2O2/c1-2-11-31-19-9-5-16(6-10-19)25-30-23(20-12-18(27)13-21(28)24(20)32-25)14-22(29-30)15-3-7-17(26)8-4-15/h2-10,12-13,23,25H,1,11,14H2/t23-,25-/m0/s1. The average Bonchev–Trinajstić information content (AvgIpc) is 3.24. The summed E-state index contributed by atoms with van der Waals surface area (Å²) < 4.78 is 12.0. The Bertz CT molecular complexity index is 1190. The van der Waals surface area contributed by atoms with E-state index < -0.39 is 6.23 Å². The van der Waals surface area contributed by atoms with Crippen LogP contribution >= 0.6 is 34.8 Å². The number of hydrogen-bond acceptors (Lipinski definition) is 4. The number of nitrogens with zero attached hydrogens (tertiary/aromatic N) is 2. The molecule has 0 radical (unpaired) electrons. The fourth-order valence-electron chi connectivity index (χ4n) is 4.04. The maximum atomic E-state index is 6.53. The average molecular weight is 486 g/mol. The lowest BCUT2D eigenvalue weighted by molar-refractivity contribution is -0.0189. The summed E-state index contributed by atoms with van der Waals surface area (Å²) in [5.74, 6) is 1.40. The highest BCUT2D eigenvalue weighted by molar-refractivity contribution is 6.35. The second kappa shape index (κ2) is 8.70. The first-order chi connectivity index (χ1) is 15.5. The molecule has 0 bridgehead atoms. The van der Waals surface area contributed by atoms with E-state index in [4.69, 9.17) is 49.4 Å². The molecule has 32 heavy (non-hydrogen) atoms. The van der Waals surface area contributed by atoms with Crippen LogP contribution in [0.1, 0.15) is 35.4 Å². The van der Waals surface area contributed by atoms with Crippen molar-refractivity contribution in [3.63, 3.8) is 0 Å². The Labute approximate surface area is 201 Å². The molecule has 2 heterocycles. The van der Waals surface area contributed by atoms with Gasteiger partial charge in [-0.2, -0.15) is 5.10 Å². The number of hydrogen-bond donors (Lipinski definition) is 0. The monoisotopic (exact) mass is 484 g/mol. The molecule has 0 saturated heterocycles. The number of ether oxygens (including phenoxy) is 2. The maximum Gasteiger partial charge on any atom is 0.213 e. The third kappa shape index (κ3) is 3.95. The van der Waals surface area contributed by atoms with E-state index in [1.54, 1.807) is 12.1 Å². The lowest BCUT2D eigenvalue weighted by Gasteiger charge is -2.38. The van der Waals surface area contributed by atoms with Crippen LogP contribution in [0.15, 0.2) is 78.4 Å². The van der Waals surface area contributed by atoms with E-state index in [0.717, 1.165) is 28.2 Å². The quantitative estimate of drug-likeness (QED) is 0.352. The maximum absolute atomic E-state index is 6.53. The second-order valence-corrected chi connectivity index (χ2v) is 8.88. The van der Waals surface area contributed by atoms with Gasteiger partial charge in [0.2, 0.25) is 6.23 Å². The van der Waals surface area contributed by atoms with E-state index in [1.807, 2.05) is 59.6 Å². The molecule has 2 atom stereocenters. The molecule has 0 fully saturated rings. The van der Waals surface area contributed by atoms with Crippen LogP contribution in [0.5, 0.6) is 11.5 Å². The van der Waals surface area contributed by atoms with Crippen molar-refractivity contribution in [3.05, 3.63) is 105 Å². The molecule has 2 aliphatic heterocycles. The fraction of sp³-hybridized carbons (Fsp3) is 0.160. The Kier molecular flexibility index (Phi) is 5.76. The fourth-order valence-corrected chi connectivity index (χ4v) is 4.71. The molecule has 3 aromatic rings. The summed E-state index contributed by atoms with van der Waals surface area (Å²) in [5.41, 5.74) is 3.84. The molecule has 0 aromatic heterocycles. The molecule has 0 spiro atoms. The van der Waals surface area contributed by atoms with Crippen molar-refractivity contribution < 1.29 is 9.47 Å². The molecule has 7 heteroatoms. The summed E-state index contributed by atoms with van der Waals surface area (Å²) in [6.07, 6.45) is 1.97. The zero-order valence-electron chi connectivity index (χ0n) is 17.0. The lowest BCUT2D eigenvalue weighted by atomic mass is 9.96. The summed E-state index contributed by atoms with van der Waals surface area (Å²) >= 11 is 18.9. The van der Waals surface area contributed by atoms with Crippen LogP contribution in [0.3, 0.4) is 0 Å². The Hall–Kier alpha value is -2.66. The van der Waals surface area contributed by atoms with Crippen LogP contribution in [0, 0.1) is 0 Å². The number of halogens is 3. The van der Waals surface area contributed by atoms with Gasteiger partial charge in [-0.3, -0.25) is 0 Å². The van der Waals surface area contributed by atoms with Crippen LogP contribution in [0.2, 0.25) is 15.1 Å². The summed E-state index contributed by atoms with van der Waals surface area (Å²) in [6, 6.07) is 19.0. The molecule has 0 aliphatic carbocycles. The van der Waals surface area contributed by atoms with Gasteiger partial charge in [-0.1, -0.05) is 59.6 Å². The van der Waals surface area contributed by atoms with Gasteiger partial charge in [0.1, 0.15) is 18.1 Å². The Morgan fingerprint density at radius 2 is 1.78 bits per heavy atom. The van der Waals surface area contributed by atoms with Crippen LogP contribution in [0.25, 0.3) is 0 Å². The predicted octanol–water partition coefficient (Wildman–Crippen LogP) is 7.45. The Morgan fingerprint density at radius 3 is 2.50 bits per heavy atom. The van der Waals surface area contributed by atoms with Gasteiger partial charge >= 0.3 is 0 Å². The van der Waals surface area contributed by atoms with Crippen molar-refractivity contribution in [2.45, 2.75) is 18.7 Å². The SMILES string of the molecule is C=CCOc1ccc([C@@H]2Oc3c(Cl)cc(Cl)cc3[C@@H]3CC(c4ccc(Cl)cc4)=NN32)cc1. The first-order valence-corrected chi connectivity index (χ1v) is 11.3. The molecular formula is C25H19Cl3N2O2. The van der Waals surface area contributed by atoms with Crippen LogP contribution in [-0.2, 0) is 0 Å². The summed E-state index contributed by atoms with van der Waals surface area (Å²) in [6.45, 7) is 4.13. The van der Waals surface area contributed by atoms with Gasteiger partial charge in [-0.05, 0) is 54.1 Å². The normalized spacial score (nSPS) is 19.0. The van der Waals surface area contributed by atoms with Gasteiger partial charge in [0, 0.05) is 27.6 Å². The Balaban J connectivity index is 1.55. The third-order valence-electron chi connectivity index (χ3n) is 5.52. The summed E-state index contributed by atoms with van der Waals surface area (Å²) in [5, 5.41) is 8.68. The zero-order valence-corrected chi connectivity index (χ0v) is 19.2. The first-order valence-electron chi connectivity index (χ1n) is 10.1. The zero-order chi connectivity index (χ0) is 22.2. The van der Waals surface area contributed by atoms with Crippen molar-refractivity contribution in [3.8, 4) is 11.5 Å². The van der Waals surface area contributed by atoms with Crippen LogP contribution < -0.4 is 9.47 Å². The molecule has 5 rings (SSSR count).